The van der Waals surface area contributed by atoms with E-state index in [2.05, 4.69) is 10.6 Å². The Hall–Kier alpha value is -1.30. The third kappa shape index (κ3) is 3.33. The lowest BCUT2D eigenvalue weighted by Crippen LogP contribution is -2.53. The molecule has 2 fully saturated rings. The quantitative estimate of drug-likeness (QED) is 0.602. The summed E-state index contributed by atoms with van der Waals surface area (Å²) in [4.78, 5) is 23.7. The first kappa shape index (κ1) is 12.2. The third-order valence-corrected chi connectivity index (χ3v) is 3.54. The van der Waals surface area contributed by atoms with Crippen LogP contribution >= 0.6 is 0 Å². The maximum absolute atomic E-state index is 11.0. The van der Waals surface area contributed by atoms with Gasteiger partial charge in [-0.1, -0.05) is 0 Å². The van der Waals surface area contributed by atoms with Crippen LogP contribution in [0.5, 0.6) is 0 Å². The maximum atomic E-state index is 11.0. The van der Waals surface area contributed by atoms with Crippen LogP contribution < -0.4 is 16.4 Å². The van der Waals surface area contributed by atoms with Gasteiger partial charge in [0, 0.05) is 38.1 Å². The van der Waals surface area contributed by atoms with Crippen molar-refractivity contribution in [3.8, 4) is 0 Å². The molecule has 0 aromatic heterocycles. The summed E-state index contributed by atoms with van der Waals surface area (Å²) >= 11 is 0. The fraction of sp³-hybridized carbons (Fsp3) is 0.818. The molecule has 0 aromatic rings. The normalized spacial score (nSPS) is 26.7. The first-order chi connectivity index (χ1) is 8.15. The number of carbonyl (C=O) groups excluding carboxylic acids is 2. The molecular formula is C11H20N4O2. The van der Waals surface area contributed by atoms with Gasteiger partial charge in [-0.15, -0.1) is 0 Å². The van der Waals surface area contributed by atoms with Gasteiger partial charge in [0.25, 0.3) is 0 Å². The molecule has 2 rings (SSSR count). The summed E-state index contributed by atoms with van der Waals surface area (Å²) in [6, 6.07) is 0.483. The Morgan fingerprint density at radius 3 is 2.53 bits per heavy atom. The first-order valence-electron chi connectivity index (χ1n) is 6.22. The standard InChI is InChI=1S/C11H20N4O2/c12-11(17)15-5-3-8(4-6-15)14-9-1-2-10(16)13-7-9/h8-9,14H,1-7H2,(H2,12,17)(H,13,16). The Labute approximate surface area is 101 Å². The summed E-state index contributed by atoms with van der Waals surface area (Å²) in [7, 11) is 0. The number of likely N-dealkylation sites (tertiary alicyclic amines) is 1. The van der Waals surface area contributed by atoms with Crippen molar-refractivity contribution < 1.29 is 9.59 Å². The molecule has 0 saturated carbocycles. The van der Waals surface area contributed by atoms with Crippen LogP contribution in [0, 0.1) is 0 Å². The second kappa shape index (κ2) is 5.35. The highest BCUT2D eigenvalue weighted by molar-refractivity contribution is 5.76. The van der Waals surface area contributed by atoms with Crippen LogP contribution in [0.4, 0.5) is 4.79 Å². The second-order valence-electron chi connectivity index (χ2n) is 4.81. The molecular weight excluding hydrogens is 220 g/mol. The molecule has 1 atom stereocenters. The zero-order valence-corrected chi connectivity index (χ0v) is 9.95. The van der Waals surface area contributed by atoms with Crippen LogP contribution in [0.2, 0.25) is 0 Å². The summed E-state index contributed by atoms with van der Waals surface area (Å²) in [5.41, 5.74) is 5.23. The monoisotopic (exact) mass is 240 g/mol. The number of urea groups is 1. The van der Waals surface area contributed by atoms with E-state index in [0.717, 1.165) is 38.9 Å². The van der Waals surface area contributed by atoms with E-state index in [9.17, 15) is 9.59 Å². The first-order valence-corrected chi connectivity index (χ1v) is 6.22. The highest BCUT2D eigenvalue weighted by Crippen LogP contribution is 2.12. The summed E-state index contributed by atoms with van der Waals surface area (Å²) in [5.74, 6) is 0.145. The largest absolute Gasteiger partial charge is 0.355 e. The van der Waals surface area contributed by atoms with E-state index in [0.29, 0.717) is 18.5 Å². The van der Waals surface area contributed by atoms with Crippen molar-refractivity contribution in [2.75, 3.05) is 19.6 Å². The van der Waals surface area contributed by atoms with Gasteiger partial charge in [0.2, 0.25) is 5.91 Å². The summed E-state index contributed by atoms with van der Waals surface area (Å²) in [6.45, 7) is 2.17. The molecule has 6 heteroatoms. The zero-order valence-electron chi connectivity index (χ0n) is 9.95. The number of hydrogen-bond donors (Lipinski definition) is 3. The van der Waals surface area contributed by atoms with E-state index in [-0.39, 0.29) is 11.9 Å². The number of primary amides is 1. The van der Waals surface area contributed by atoms with Gasteiger partial charge in [0.1, 0.15) is 0 Å². The van der Waals surface area contributed by atoms with Crippen LogP contribution in [0.15, 0.2) is 0 Å². The fourth-order valence-corrected chi connectivity index (χ4v) is 2.47. The van der Waals surface area contributed by atoms with Crippen LogP contribution in [0.25, 0.3) is 0 Å². The highest BCUT2D eigenvalue weighted by Gasteiger charge is 2.25. The summed E-state index contributed by atoms with van der Waals surface area (Å²) in [5, 5.41) is 6.41. The Morgan fingerprint density at radius 1 is 1.29 bits per heavy atom. The van der Waals surface area contributed by atoms with E-state index in [1.54, 1.807) is 4.90 Å². The van der Waals surface area contributed by atoms with Crippen molar-refractivity contribution >= 4 is 11.9 Å². The van der Waals surface area contributed by atoms with Crippen molar-refractivity contribution in [1.82, 2.24) is 15.5 Å². The predicted molar refractivity (Wildman–Crippen MR) is 63.3 cm³/mol. The number of hydrogen-bond acceptors (Lipinski definition) is 3. The smallest absolute Gasteiger partial charge is 0.314 e. The van der Waals surface area contributed by atoms with E-state index in [4.69, 9.17) is 5.73 Å². The van der Waals surface area contributed by atoms with Gasteiger partial charge in [-0.05, 0) is 19.3 Å². The summed E-state index contributed by atoms with van der Waals surface area (Å²) < 4.78 is 0. The molecule has 17 heavy (non-hydrogen) atoms. The molecule has 2 aliphatic heterocycles. The molecule has 0 spiro atoms. The second-order valence-corrected chi connectivity index (χ2v) is 4.81. The number of amides is 3. The Bertz CT molecular complexity index is 290. The van der Waals surface area contributed by atoms with Crippen molar-refractivity contribution in [1.29, 1.82) is 0 Å². The SMILES string of the molecule is NC(=O)N1CCC(NC2CCC(=O)NC2)CC1. The Morgan fingerprint density at radius 2 is 2.00 bits per heavy atom. The minimum absolute atomic E-state index is 0.145. The Kier molecular flexibility index (Phi) is 3.83. The topological polar surface area (TPSA) is 87.5 Å². The van der Waals surface area contributed by atoms with E-state index in [1.165, 1.54) is 0 Å². The zero-order chi connectivity index (χ0) is 12.3. The lowest BCUT2D eigenvalue weighted by molar-refractivity contribution is -0.122. The number of piperidine rings is 2. The molecule has 0 bridgehead atoms. The average Bonchev–Trinajstić information content (AvgIpc) is 2.33. The van der Waals surface area contributed by atoms with Gasteiger partial charge >= 0.3 is 6.03 Å². The van der Waals surface area contributed by atoms with Crippen molar-refractivity contribution in [2.45, 2.75) is 37.8 Å². The number of nitrogens with two attached hydrogens (primary N) is 1. The van der Waals surface area contributed by atoms with Crippen molar-refractivity contribution in [3.63, 3.8) is 0 Å². The molecule has 3 amide bonds. The number of nitrogens with one attached hydrogen (secondary N) is 2. The maximum Gasteiger partial charge on any atom is 0.314 e. The van der Waals surface area contributed by atoms with E-state index >= 15 is 0 Å². The van der Waals surface area contributed by atoms with Gasteiger partial charge < -0.3 is 21.3 Å². The molecule has 0 aromatic carbocycles. The molecule has 2 heterocycles. The molecule has 6 nitrogen and oxygen atoms in total. The third-order valence-electron chi connectivity index (χ3n) is 3.54. The van der Waals surface area contributed by atoms with E-state index < -0.39 is 0 Å². The molecule has 2 saturated heterocycles. The van der Waals surface area contributed by atoms with Gasteiger partial charge in [-0.25, -0.2) is 4.79 Å². The van der Waals surface area contributed by atoms with Crippen LogP contribution in [0.3, 0.4) is 0 Å². The highest BCUT2D eigenvalue weighted by atomic mass is 16.2. The lowest BCUT2D eigenvalue weighted by atomic mass is 10.0. The van der Waals surface area contributed by atoms with Crippen LogP contribution in [-0.2, 0) is 4.79 Å². The molecule has 96 valence electrons. The lowest BCUT2D eigenvalue weighted by Gasteiger charge is -2.34. The number of rotatable bonds is 2. The molecule has 4 N–H and O–H groups in total. The van der Waals surface area contributed by atoms with Crippen molar-refractivity contribution in [3.05, 3.63) is 0 Å². The Balaban J connectivity index is 1.71. The van der Waals surface area contributed by atoms with Gasteiger partial charge in [0.05, 0.1) is 0 Å². The number of carbonyl (C=O) groups is 2. The van der Waals surface area contributed by atoms with Crippen LogP contribution in [-0.4, -0.2) is 48.6 Å². The van der Waals surface area contributed by atoms with Gasteiger partial charge in [-0.3, -0.25) is 4.79 Å². The van der Waals surface area contributed by atoms with Crippen molar-refractivity contribution in [2.24, 2.45) is 5.73 Å². The fourth-order valence-electron chi connectivity index (χ4n) is 2.47. The van der Waals surface area contributed by atoms with Gasteiger partial charge in [-0.2, -0.15) is 0 Å². The molecule has 0 aliphatic carbocycles. The summed E-state index contributed by atoms with van der Waals surface area (Å²) in [6.07, 6.45) is 3.39. The van der Waals surface area contributed by atoms with E-state index in [1.807, 2.05) is 0 Å². The average molecular weight is 240 g/mol. The molecule has 1 unspecified atom stereocenters. The minimum atomic E-state index is -0.326. The minimum Gasteiger partial charge on any atom is -0.355 e. The predicted octanol–water partition coefficient (Wildman–Crippen LogP) is -0.602. The molecule has 2 aliphatic rings. The molecule has 0 radical (unpaired) electrons. The van der Waals surface area contributed by atoms with Crippen LogP contribution in [0.1, 0.15) is 25.7 Å². The number of nitrogens with zero attached hydrogens (tertiary/aromatic N) is 1. The van der Waals surface area contributed by atoms with Gasteiger partial charge in [0.15, 0.2) is 0 Å².